The number of ether oxygens (including phenoxy) is 1. The predicted molar refractivity (Wildman–Crippen MR) is 93.1 cm³/mol. The molecule has 4 fully saturated rings. The van der Waals surface area contributed by atoms with Gasteiger partial charge in [-0.15, -0.1) is 0 Å². The molecule has 0 radical (unpaired) electrons. The van der Waals surface area contributed by atoms with Crippen molar-refractivity contribution in [2.24, 2.45) is 17.8 Å². The number of aliphatic hydroxyl groups is 1. The van der Waals surface area contributed by atoms with Crippen LogP contribution in [-0.2, 0) is 19.1 Å². The van der Waals surface area contributed by atoms with Gasteiger partial charge in [0.25, 0.3) is 5.91 Å². The van der Waals surface area contributed by atoms with Crippen LogP contribution >= 0.6 is 0 Å². The van der Waals surface area contributed by atoms with Gasteiger partial charge in [0.15, 0.2) is 11.3 Å². The minimum atomic E-state index is -1.54. The lowest BCUT2D eigenvalue weighted by molar-refractivity contribution is -0.140. The van der Waals surface area contributed by atoms with E-state index in [1.807, 2.05) is 6.92 Å². The van der Waals surface area contributed by atoms with Crippen molar-refractivity contribution in [3.05, 3.63) is 11.3 Å². The van der Waals surface area contributed by atoms with E-state index in [-0.39, 0.29) is 36.9 Å². The number of carbonyl (C=O) groups is 3. The first-order valence-electron chi connectivity index (χ1n) is 9.89. The maximum Gasteiger partial charge on any atom is 0.264 e. The summed E-state index contributed by atoms with van der Waals surface area (Å²) in [6.07, 6.45) is 6.84. The third-order valence-corrected chi connectivity index (χ3v) is 6.90. The van der Waals surface area contributed by atoms with E-state index in [1.165, 1.54) is 24.2 Å². The summed E-state index contributed by atoms with van der Waals surface area (Å²) in [5.41, 5.74) is -1.70. The van der Waals surface area contributed by atoms with Gasteiger partial charge >= 0.3 is 0 Å². The van der Waals surface area contributed by atoms with E-state index in [0.29, 0.717) is 24.7 Å². The summed E-state index contributed by atoms with van der Waals surface area (Å²) in [6.45, 7) is 1.82. The molecule has 3 unspecified atom stereocenters. The fourth-order valence-corrected chi connectivity index (χ4v) is 5.46. The van der Waals surface area contributed by atoms with Crippen LogP contribution in [0.5, 0.6) is 0 Å². The van der Waals surface area contributed by atoms with Crippen molar-refractivity contribution >= 4 is 17.5 Å². The summed E-state index contributed by atoms with van der Waals surface area (Å²) in [5, 5.41) is 10.7. The SMILES string of the molecule is CCCCC(=O)[C@]12COCN1C(=O)/C(=C(\O)CC1CC3CCC1C3)C2=O. The van der Waals surface area contributed by atoms with Crippen LogP contribution in [0.25, 0.3) is 0 Å². The Bertz CT molecular complexity index is 684. The highest BCUT2D eigenvalue weighted by Gasteiger charge is 2.64. The minimum absolute atomic E-state index is 0.0622. The molecule has 2 saturated heterocycles. The Morgan fingerprint density at radius 1 is 1.31 bits per heavy atom. The molecule has 0 aromatic heterocycles. The van der Waals surface area contributed by atoms with Crippen LogP contribution in [0.3, 0.4) is 0 Å². The molecule has 4 atom stereocenters. The number of hydrogen-bond donors (Lipinski definition) is 1. The Balaban J connectivity index is 1.60. The van der Waals surface area contributed by atoms with E-state index in [9.17, 15) is 19.5 Å². The van der Waals surface area contributed by atoms with Gasteiger partial charge in [0.2, 0.25) is 5.78 Å². The van der Waals surface area contributed by atoms with Gasteiger partial charge < -0.3 is 9.84 Å². The van der Waals surface area contributed by atoms with Crippen LogP contribution in [0.2, 0.25) is 0 Å². The first-order valence-corrected chi connectivity index (χ1v) is 9.89. The van der Waals surface area contributed by atoms with E-state index >= 15 is 0 Å². The average Bonchev–Trinajstić information content (AvgIpc) is 3.36. The van der Waals surface area contributed by atoms with Crippen LogP contribution in [0, 0.1) is 17.8 Å². The molecule has 0 aromatic carbocycles. The minimum Gasteiger partial charge on any atom is -0.511 e. The number of hydrogen-bond acceptors (Lipinski definition) is 5. The summed E-state index contributed by atoms with van der Waals surface area (Å²) in [6, 6.07) is 0. The summed E-state index contributed by atoms with van der Waals surface area (Å²) >= 11 is 0. The molecule has 2 aliphatic heterocycles. The summed E-state index contributed by atoms with van der Waals surface area (Å²) in [5.74, 6) is 0.196. The number of nitrogens with zero attached hydrogens (tertiary/aromatic N) is 1. The standard InChI is InChI=1S/C20H27NO5/c1-2-3-4-16(23)20-10-26-11-21(20)19(25)17(18(20)24)15(22)9-14-8-12-5-6-13(14)7-12/h12-14,22H,2-11H2,1H3/b17-15-/t12?,13?,14?,20-/m0/s1. The van der Waals surface area contributed by atoms with Gasteiger partial charge in [-0.2, -0.15) is 0 Å². The van der Waals surface area contributed by atoms with E-state index in [1.54, 1.807) is 0 Å². The Morgan fingerprint density at radius 3 is 2.77 bits per heavy atom. The van der Waals surface area contributed by atoms with Gasteiger partial charge in [0, 0.05) is 12.8 Å². The van der Waals surface area contributed by atoms with Gasteiger partial charge in [0.05, 0.1) is 6.61 Å². The number of rotatable bonds is 6. The molecule has 2 bridgehead atoms. The number of unbranched alkanes of at least 4 members (excludes halogenated alkanes) is 1. The lowest BCUT2D eigenvalue weighted by atomic mass is 9.83. The highest BCUT2D eigenvalue weighted by atomic mass is 16.5. The van der Waals surface area contributed by atoms with E-state index in [2.05, 4.69) is 0 Å². The molecule has 6 nitrogen and oxygen atoms in total. The second-order valence-corrected chi connectivity index (χ2v) is 8.39. The third kappa shape index (κ3) is 2.45. The zero-order chi connectivity index (χ0) is 18.5. The first kappa shape index (κ1) is 17.7. The third-order valence-electron chi connectivity index (χ3n) is 6.90. The molecule has 2 saturated carbocycles. The van der Waals surface area contributed by atoms with Gasteiger partial charge in [-0.3, -0.25) is 19.3 Å². The Labute approximate surface area is 153 Å². The number of carbonyl (C=O) groups excluding carboxylic acids is 3. The molecular weight excluding hydrogens is 334 g/mol. The monoisotopic (exact) mass is 361 g/mol. The van der Waals surface area contributed by atoms with E-state index < -0.39 is 17.2 Å². The zero-order valence-corrected chi connectivity index (χ0v) is 15.3. The molecule has 0 spiro atoms. The van der Waals surface area contributed by atoms with Crippen molar-refractivity contribution in [1.82, 2.24) is 4.90 Å². The number of aliphatic hydroxyl groups excluding tert-OH is 1. The molecule has 26 heavy (non-hydrogen) atoms. The highest BCUT2D eigenvalue weighted by Crippen LogP contribution is 2.50. The summed E-state index contributed by atoms with van der Waals surface area (Å²) in [7, 11) is 0. The normalized spacial score (nSPS) is 37.6. The Kier molecular flexibility index (Phi) is 4.41. The predicted octanol–water partition coefficient (Wildman–Crippen LogP) is 2.52. The first-order chi connectivity index (χ1) is 12.5. The van der Waals surface area contributed by atoms with Crippen molar-refractivity contribution in [1.29, 1.82) is 0 Å². The lowest BCUT2D eigenvalue weighted by Crippen LogP contribution is -2.53. The maximum absolute atomic E-state index is 13.1. The van der Waals surface area contributed by atoms with Crippen molar-refractivity contribution < 1.29 is 24.2 Å². The number of ketones is 2. The fourth-order valence-electron chi connectivity index (χ4n) is 5.46. The van der Waals surface area contributed by atoms with Gasteiger partial charge in [0.1, 0.15) is 18.1 Å². The van der Waals surface area contributed by atoms with E-state index in [4.69, 9.17) is 4.74 Å². The van der Waals surface area contributed by atoms with Crippen LogP contribution in [0.1, 0.15) is 58.3 Å². The summed E-state index contributed by atoms with van der Waals surface area (Å²) < 4.78 is 5.32. The van der Waals surface area contributed by atoms with Crippen LogP contribution in [0.4, 0.5) is 0 Å². The van der Waals surface area contributed by atoms with Gasteiger partial charge in [-0.05, 0) is 43.4 Å². The molecule has 4 rings (SSSR count). The van der Waals surface area contributed by atoms with Gasteiger partial charge in [-0.1, -0.05) is 19.8 Å². The molecule has 0 aromatic rings. The van der Waals surface area contributed by atoms with Crippen molar-refractivity contribution in [3.8, 4) is 0 Å². The topological polar surface area (TPSA) is 83.9 Å². The highest BCUT2D eigenvalue weighted by molar-refractivity contribution is 6.36. The quantitative estimate of drug-likeness (QED) is 0.340. The number of Topliss-reactive ketones (excluding diaryl/α,β-unsaturated/α-hetero) is 2. The average molecular weight is 361 g/mol. The second-order valence-electron chi connectivity index (χ2n) is 8.39. The van der Waals surface area contributed by atoms with Crippen molar-refractivity contribution in [3.63, 3.8) is 0 Å². The summed E-state index contributed by atoms with van der Waals surface area (Å²) in [4.78, 5) is 39.9. The van der Waals surface area contributed by atoms with E-state index in [0.717, 1.165) is 18.8 Å². The molecule has 6 heteroatoms. The van der Waals surface area contributed by atoms with Crippen LogP contribution in [-0.4, -0.2) is 46.4 Å². The molecule has 1 N–H and O–H groups in total. The molecular formula is C20H27NO5. The molecule has 2 aliphatic carbocycles. The van der Waals surface area contributed by atoms with Crippen molar-refractivity contribution in [2.75, 3.05) is 13.3 Å². The Morgan fingerprint density at radius 2 is 2.12 bits per heavy atom. The smallest absolute Gasteiger partial charge is 0.264 e. The second kappa shape index (κ2) is 6.48. The van der Waals surface area contributed by atoms with Gasteiger partial charge in [-0.25, -0.2) is 0 Å². The number of allylic oxidation sites excluding steroid dienone is 1. The molecule has 1 amide bonds. The largest absolute Gasteiger partial charge is 0.511 e. The zero-order valence-electron chi connectivity index (χ0n) is 15.3. The maximum atomic E-state index is 13.1. The Hall–Kier alpha value is -1.69. The molecule has 142 valence electrons. The van der Waals surface area contributed by atoms with Crippen LogP contribution in [0.15, 0.2) is 11.3 Å². The molecule has 2 heterocycles. The lowest BCUT2D eigenvalue weighted by Gasteiger charge is -2.25. The fraction of sp³-hybridized carbons (Fsp3) is 0.750. The molecule has 4 aliphatic rings. The van der Waals surface area contributed by atoms with Crippen molar-refractivity contribution in [2.45, 2.75) is 63.8 Å². The van der Waals surface area contributed by atoms with Crippen LogP contribution < -0.4 is 0 Å². The number of amides is 1. The number of fused-ring (bicyclic) bond motifs is 3.